The molecule has 4 heteroatoms. The third kappa shape index (κ3) is 3.09. The van der Waals surface area contributed by atoms with Gasteiger partial charge in [-0.2, -0.15) is 0 Å². The Bertz CT molecular complexity index is 540. The van der Waals surface area contributed by atoms with Crippen LogP contribution in [-0.4, -0.2) is 0 Å². The van der Waals surface area contributed by atoms with Gasteiger partial charge in [-0.05, 0) is 52.7 Å². The van der Waals surface area contributed by atoms with Gasteiger partial charge in [0.2, 0.25) is 0 Å². The molecule has 0 unspecified atom stereocenters. The molecule has 18 heavy (non-hydrogen) atoms. The first-order chi connectivity index (χ1) is 8.56. The van der Waals surface area contributed by atoms with Crippen LogP contribution in [-0.2, 0) is 0 Å². The van der Waals surface area contributed by atoms with Crippen molar-refractivity contribution in [3.8, 4) is 11.5 Å². The van der Waals surface area contributed by atoms with Gasteiger partial charge in [0.15, 0.2) is 0 Å². The molecule has 0 aliphatic rings. The largest absolute Gasteiger partial charge is 0.457 e. The van der Waals surface area contributed by atoms with E-state index in [9.17, 15) is 4.39 Å². The summed E-state index contributed by atoms with van der Waals surface area (Å²) in [4.78, 5) is 0. The first-order valence-corrected chi connectivity index (χ1v) is 6.34. The predicted octanol–water partition coefficient (Wildman–Crippen LogP) is 4.40. The molecule has 0 fully saturated rings. The van der Waals surface area contributed by atoms with Crippen molar-refractivity contribution in [3.63, 3.8) is 0 Å². The van der Waals surface area contributed by atoms with Gasteiger partial charge in [-0.15, -0.1) is 0 Å². The maximum atomic E-state index is 13.3. The highest BCUT2D eigenvalue weighted by molar-refractivity contribution is 9.10. The standard InChI is InChI=1S/C14H13BrFNO/c1-9(17)10-2-4-11(5-3-10)18-12-6-7-13(15)14(16)8-12/h2-9H,17H2,1H3/t9-/m0/s1. The minimum absolute atomic E-state index is 0.0100. The third-order valence-electron chi connectivity index (χ3n) is 2.53. The molecule has 2 rings (SSSR count). The molecule has 0 aromatic heterocycles. The summed E-state index contributed by atoms with van der Waals surface area (Å²) in [5, 5.41) is 0. The lowest BCUT2D eigenvalue weighted by Crippen LogP contribution is -2.04. The summed E-state index contributed by atoms with van der Waals surface area (Å²) in [5.74, 6) is 0.769. The molecule has 2 nitrogen and oxygen atoms in total. The molecular weight excluding hydrogens is 297 g/mol. The van der Waals surface area contributed by atoms with Crippen LogP contribution in [0.5, 0.6) is 11.5 Å². The number of hydrogen-bond acceptors (Lipinski definition) is 2. The Hall–Kier alpha value is -1.39. The fourth-order valence-electron chi connectivity index (χ4n) is 1.52. The zero-order valence-electron chi connectivity index (χ0n) is 9.86. The summed E-state index contributed by atoms with van der Waals surface area (Å²) in [7, 11) is 0. The van der Waals surface area contributed by atoms with Gasteiger partial charge in [-0.3, -0.25) is 0 Å². The molecule has 0 heterocycles. The average Bonchev–Trinajstić information content (AvgIpc) is 2.34. The van der Waals surface area contributed by atoms with Crippen molar-refractivity contribution in [1.29, 1.82) is 0 Å². The number of halogens is 2. The molecule has 0 saturated heterocycles. The van der Waals surface area contributed by atoms with Crippen LogP contribution in [0.4, 0.5) is 4.39 Å². The van der Waals surface area contributed by atoms with E-state index in [0.29, 0.717) is 16.0 Å². The molecule has 0 saturated carbocycles. The van der Waals surface area contributed by atoms with Crippen molar-refractivity contribution < 1.29 is 9.13 Å². The maximum absolute atomic E-state index is 13.3. The van der Waals surface area contributed by atoms with Gasteiger partial charge in [0.05, 0.1) is 4.47 Å². The first-order valence-electron chi connectivity index (χ1n) is 5.54. The number of nitrogens with two attached hydrogens (primary N) is 1. The Morgan fingerprint density at radius 2 is 1.72 bits per heavy atom. The van der Waals surface area contributed by atoms with E-state index in [0.717, 1.165) is 5.56 Å². The van der Waals surface area contributed by atoms with E-state index in [-0.39, 0.29) is 11.9 Å². The Balaban J connectivity index is 2.15. The van der Waals surface area contributed by atoms with Crippen LogP contribution in [0, 0.1) is 5.82 Å². The smallest absolute Gasteiger partial charge is 0.141 e. The zero-order valence-corrected chi connectivity index (χ0v) is 11.4. The van der Waals surface area contributed by atoms with Crippen molar-refractivity contribution in [3.05, 3.63) is 58.3 Å². The summed E-state index contributed by atoms with van der Waals surface area (Å²) in [6.45, 7) is 1.92. The second-order valence-corrected chi connectivity index (χ2v) is 4.89. The summed E-state index contributed by atoms with van der Waals surface area (Å²) in [6.07, 6.45) is 0. The summed E-state index contributed by atoms with van der Waals surface area (Å²) in [5.41, 5.74) is 6.79. The number of benzene rings is 2. The highest BCUT2D eigenvalue weighted by Gasteiger charge is 2.04. The van der Waals surface area contributed by atoms with Gasteiger partial charge >= 0.3 is 0 Å². The lowest BCUT2D eigenvalue weighted by molar-refractivity contribution is 0.476. The van der Waals surface area contributed by atoms with E-state index in [1.807, 2.05) is 31.2 Å². The fraction of sp³-hybridized carbons (Fsp3) is 0.143. The lowest BCUT2D eigenvalue weighted by atomic mass is 10.1. The van der Waals surface area contributed by atoms with Crippen molar-refractivity contribution in [2.24, 2.45) is 5.73 Å². The Morgan fingerprint density at radius 1 is 1.11 bits per heavy atom. The summed E-state index contributed by atoms with van der Waals surface area (Å²) < 4.78 is 19.3. The molecular formula is C14H13BrFNO. The van der Waals surface area contributed by atoms with Gasteiger partial charge in [-0.1, -0.05) is 12.1 Å². The summed E-state index contributed by atoms with van der Waals surface area (Å²) >= 11 is 3.10. The van der Waals surface area contributed by atoms with Gasteiger partial charge < -0.3 is 10.5 Å². The van der Waals surface area contributed by atoms with Crippen molar-refractivity contribution in [1.82, 2.24) is 0 Å². The van der Waals surface area contributed by atoms with E-state index in [1.165, 1.54) is 6.07 Å². The van der Waals surface area contributed by atoms with Gasteiger partial charge in [0, 0.05) is 12.1 Å². The van der Waals surface area contributed by atoms with E-state index in [2.05, 4.69) is 15.9 Å². The van der Waals surface area contributed by atoms with Crippen LogP contribution >= 0.6 is 15.9 Å². The molecule has 1 atom stereocenters. The molecule has 2 aromatic rings. The van der Waals surface area contributed by atoms with E-state index < -0.39 is 0 Å². The maximum Gasteiger partial charge on any atom is 0.141 e. The average molecular weight is 310 g/mol. The normalized spacial score (nSPS) is 12.2. The topological polar surface area (TPSA) is 35.2 Å². The van der Waals surface area contributed by atoms with Crippen molar-refractivity contribution >= 4 is 15.9 Å². The molecule has 2 N–H and O–H groups in total. The monoisotopic (exact) mass is 309 g/mol. The van der Waals surface area contributed by atoms with Crippen molar-refractivity contribution in [2.75, 3.05) is 0 Å². The van der Waals surface area contributed by atoms with Crippen LogP contribution in [0.2, 0.25) is 0 Å². The molecule has 0 aliphatic carbocycles. The highest BCUT2D eigenvalue weighted by Crippen LogP contribution is 2.26. The van der Waals surface area contributed by atoms with E-state index >= 15 is 0 Å². The highest BCUT2D eigenvalue weighted by atomic mass is 79.9. The van der Waals surface area contributed by atoms with Crippen LogP contribution in [0.3, 0.4) is 0 Å². The molecule has 2 aromatic carbocycles. The van der Waals surface area contributed by atoms with Crippen LogP contribution in [0.25, 0.3) is 0 Å². The molecule has 0 radical (unpaired) electrons. The molecule has 0 amide bonds. The second kappa shape index (κ2) is 5.50. The molecule has 0 aliphatic heterocycles. The Kier molecular flexibility index (Phi) is 3.99. The summed E-state index contributed by atoms with van der Waals surface area (Å²) in [6, 6.07) is 12.1. The van der Waals surface area contributed by atoms with Crippen LogP contribution < -0.4 is 10.5 Å². The minimum atomic E-state index is -0.347. The molecule has 94 valence electrons. The Labute approximate surface area is 114 Å². The fourth-order valence-corrected chi connectivity index (χ4v) is 1.76. The van der Waals surface area contributed by atoms with Gasteiger partial charge in [0.1, 0.15) is 17.3 Å². The van der Waals surface area contributed by atoms with Gasteiger partial charge in [0.25, 0.3) is 0 Å². The third-order valence-corrected chi connectivity index (χ3v) is 3.18. The second-order valence-electron chi connectivity index (χ2n) is 4.04. The molecule has 0 spiro atoms. The molecule has 0 bridgehead atoms. The number of ether oxygens (including phenoxy) is 1. The first kappa shape index (κ1) is 13.1. The minimum Gasteiger partial charge on any atom is -0.457 e. The van der Waals surface area contributed by atoms with Gasteiger partial charge in [-0.25, -0.2) is 4.39 Å². The number of hydrogen-bond donors (Lipinski definition) is 1. The predicted molar refractivity (Wildman–Crippen MR) is 73.2 cm³/mol. The Morgan fingerprint density at radius 3 is 2.28 bits per heavy atom. The van der Waals surface area contributed by atoms with E-state index in [1.54, 1.807) is 12.1 Å². The zero-order chi connectivity index (χ0) is 13.1. The SMILES string of the molecule is C[C@H](N)c1ccc(Oc2ccc(Br)c(F)c2)cc1. The van der Waals surface area contributed by atoms with Crippen LogP contribution in [0.15, 0.2) is 46.9 Å². The lowest BCUT2D eigenvalue weighted by Gasteiger charge is -2.09. The number of rotatable bonds is 3. The van der Waals surface area contributed by atoms with E-state index in [4.69, 9.17) is 10.5 Å². The quantitative estimate of drug-likeness (QED) is 0.912. The van der Waals surface area contributed by atoms with Crippen LogP contribution in [0.1, 0.15) is 18.5 Å². The van der Waals surface area contributed by atoms with Crippen molar-refractivity contribution in [2.45, 2.75) is 13.0 Å².